The minimum absolute atomic E-state index is 0.112. The van der Waals surface area contributed by atoms with Crippen LogP contribution in [0.25, 0.3) is 11.4 Å². The summed E-state index contributed by atoms with van der Waals surface area (Å²) in [5.74, 6) is -2.24. The molecule has 0 bridgehead atoms. The molecule has 1 heterocycles. The average Bonchev–Trinajstić information content (AvgIpc) is 2.52. The van der Waals surface area contributed by atoms with E-state index in [0.29, 0.717) is 18.4 Å². The van der Waals surface area contributed by atoms with E-state index in [0.717, 1.165) is 0 Å². The van der Waals surface area contributed by atoms with Gasteiger partial charge in [0.25, 0.3) is 0 Å². The monoisotopic (exact) mass is 344 g/mol. The largest absolute Gasteiger partial charge is 0.477 e. The maximum absolute atomic E-state index is 11.4. The molecule has 1 aliphatic carbocycles. The van der Waals surface area contributed by atoms with Gasteiger partial charge in [0.2, 0.25) is 11.8 Å². The number of aliphatic hydroxyl groups excluding tert-OH is 1. The molecule has 1 saturated carbocycles. The van der Waals surface area contributed by atoms with Crippen LogP contribution in [-0.4, -0.2) is 44.3 Å². The van der Waals surface area contributed by atoms with E-state index in [9.17, 15) is 19.8 Å². The Morgan fingerprint density at radius 3 is 2.56 bits per heavy atom. The number of primary amides is 1. The molecule has 1 fully saturated rings. The summed E-state index contributed by atoms with van der Waals surface area (Å²) in [6.07, 6.45) is -0.0401. The second-order valence-electron chi connectivity index (χ2n) is 5.73. The van der Waals surface area contributed by atoms with Crippen LogP contribution in [0.15, 0.2) is 24.3 Å². The van der Waals surface area contributed by atoms with Crippen molar-refractivity contribution in [2.75, 3.05) is 5.73 Å². The number of nitrogens with two attached hydrogens (primary N) is 2. The number of aromatic nitrogens is 2. The van der Waals surface area contributed by atoms with E-state index in [1.165, 1.54) is 12.1 Å². The van der Waals surface area contributed by atoms with Crippen LogP contribution in [0.4, 0.5) is 5.82 Å². The Kier molecular flexibility index (Phi) is 4.24. The van der Waals surface area contributed by atoms with Crippen LogP contribution in [0.5, 0.6) is 5.88 Å². The third kappa shape index (κ3) is 3.36. The standard InChI is InChI=1S/C16H16N4O5/c17-12-11(16(23)24)15(25-10-5-9(21)6-10)20-14(19-12)8-3-1-2-7(4-8)13(18)22/h1-4,9-10,21H,5-6H2,(H2,18,22)(H,23,24)(H2,17,19,20)/t9-,10+. The number of nitrogens with zero attached hydrogens (tertiary/aromatic N) is 2. The first-order valence-electron chi connectivity index (χ1n) is 7.51. The van der Waals surface area contributed by atoms with E-state index >= 15 is 0 Å². The second-order valence-corrected chi connectivity index (χ2v) is 5.73. The van der Waals surface area contributed by atoms with Crippen molar-refractivity contribution in [3.63, 3.8) is 0 Å². The molecule has 6 N–H and O–H groups in total. The number of nitrogen functional groups attached to an aromatic ring is 1. The maximum Gasteiger partial charge on any atom is 0.345 e. The van der Waals surface area contributed by atoms with Crippen LogP contribution in [0.1, 0.15) is 33.6 Å². The fourth-order valence-corrected chi connectivity index (χ4v) is 2.48. The highest BCUT2D eigenvalue weighted by atomic mass is 16.5. The molecule has 9 nitrogen and oxygen atoms in total. The normalized spacial score (nSPS) is 19.1. The lowest BCUT2D eigenvalue weighted by Gasteiger charge is -2.31. The third-order valence-corrected chi connectivity index (χ3v) is 3.87. The van der Waals surface area contributed by atoms with Crippen LogP contribution < -0.4 is 16.2 Å². The van der Waals surface area contributed by atoms with Gasteiger partial charge in [0.1, 0.15) is 11.9 Å². The first-order chi connectivity index (χ1) is 11.8. The fraction of sp³-hybridized carbons (Fsp3) is 0.250. The maximum atomic E-state index is 11.4. The Labute approximate surface area is 142 Å². The molecule has 0 unspecified atom stereocenters. The molecule has 0 atom stereocenters. The number of carbonyl (C=O) groups is 2. The molecule has 3 rings (SSSR count). The van der Waals surface area contributed by atoms with Gasteiger partial charge in [-0.1, -0.05) is 12.1 Å². The Bertz CT molecular complexity index is 848. The predicted octanol–water partition coefficient (Wildman–Crippen LogP) is 0.425. The summed E-state index contributed by atoms with van der Waals surface area (Å²) >= 11 is 0. The van der Waals surface area contributed by atoms with Crippen molar-refractivity contribution in [3.05, 3.63) is 35.4 Å². The molecule has 0 saturated heterocycles. The van der Waals surface area contributed by atoms with Crippen molar-refractivity contribution in [3.8, 4) is 17.3 Å². The van der Waals surface area contributed by atoms with Gasteiger partial charge < -0.3 is 26.4 Å². The van der Waals surface area contributed by atoms with Crippen LogP contribution in [-0.2, 0) is 0 Å². The lowest BCUT2D eigenvalue weighted by Crippen LogP contribution is -2.38. The molecule has 25 heavy (non-hydrogen) atoms. The van der Waals surface area contributed by atoms with Gasteiger partial charge in [-0.25, -0.2) is 9.78 Å². The van der Waals surface area contributed by atoms with Gasteiger partial charge in [0, 0.05) is 24.0 Å². The van der Waals surface area contributed by atoms with Crippen molar-refractivity contribution in [1.82, 2.24) is 9.97 Å². The summed E-state index contributed by atoms with van der Waals surface area (Å²) in [6.45, 7) is 0. The smallest absolute Gasteiger partial charge is 0.345 e. The Morgan fingerprint density at radius 1 is 1.24 bits per heavy atom. The summed E-state index contributed by atoms with van der Waals surface area (Å²) in [5.41, 5.74) is 11.4. The molecular weight excluding hydrogens is 328 g/mol. The number of anilines is 1. The number of amides is 1. The van der Waals surface area contributed by atoms with E-state index in [1.54, 1.807) is 12.1 Å². The van der Waals surface area contributed by atoms with Gasteiger partial charge in [-0.15, -0.1) is 0 Å². The first-order valence-corrected chi connectivity index (χ1v) is 7.51. The number of carboxylic acid groups (broad SMARTS) is 1. The van der Waals surface area contributed by atoms with E-state index in [1.807, 2.05) is 0 Å². The zero-order valence-electron chi connectivity index (χ0n) is 13.0. The average molecular weight is 344 g/mol. The number of rotatable bonds is 5. The number of carboxylic acids is 1. The predicted molar refractivity (Wildman–Crippen MR) is 87.0 cm³/mol. The first kappa shape index (κ1) is 16.7. The van der Waals surface area contributed by atoms with E-state index in [4.69, 9.17) is 16.2 Å². The van der Waals surface area contributed by atoms with Crippen molar-refractivity contribution in [2.45, 2.75) is 25.0 Å². The zero-order chi connectivity index (χ0) is 18.1. The van der Waals surface area contributed by atoms with Gasteiger partial charge in [-0.05, 0) is 12.1 Å². The van der Waals surface area contributed by atoms with Gasteiger partial charge in [0.15, 0.2) is 11.4 Å². The number of aromatic carboxylic acids is 1. The highest BCUT2D eigenvalue weighted by Gasteiger charge is 2.32. The van der Waals surface area contributed by atoms with Crippen molar-refractivity contribution in [1.29, 1.82) is 0 Å². The van der Waals surface area contributed by atoms with E-state index in [-0.39, 0.29) is 34.8 Å². The van der Waals surface area contributed by atoms with Crippen LogP contribution in [0.3, 0.4) is 0 Å². The SMILES string of the molecule is NC(=O)c1cccc(-c2nc(N)c(C(=O)O)c(O[C@H]3C[C@@H](O)C3)n2)c1. The minimum atomic E-state index is -1.31. The molecule has 1 aromatic heterocycles. The molecule has 0 aliphatic heterocycles. The Balaban J connectivity index is 2.03. The minimum Gasteiger partial charge on any atom is -0.477 e. The highest BCUT2D eigenvalue weighted by Crippen LogP contribution is 2.31. The number of aliphatic hydroxyl groups is 1. The number of carbonyl (C=O) groups excluding carboxylic acids is 1. The van der Waals surface area contributed by atoms with Gasteiger partial charge in [-0.3, -0.25) is 4.79 Å². The van der Waals surface area contributed by atoms with Crippen molar-refractivity contribution >= 4 is 17.7 Å². The highest BCUT2D eigenvalue weighted by molar-refractivity contribution is 5.96. The lowest BCUT2D eigenvalue weighted by molar-refractivity contribution is -0.0132. The van der Waals surface area contributed by atoms with Gasteiger partial charge in [-0.2, -0.15) is 4.98 Å². The molecule has 0 spiro atoms. The van der Waals surface area contributed by atoms with E-state index < -0.39 is 18.0 Å². The second kappa shape index (κ2) is 6.36. The molecule has 1 aromatic carbocycles. The lowest BCUT2D eigenvalue weighted by atomic mass is 9.92. The summed E-state index contributed by atoms with van der Waals surface area (Å²) in [4.78, 5) is 30.9. The molecule has 9 heteroatoms. The number of hydrogen-bond acceptors (Lipinski definition) is 7. The van der Waals surface area contributed by atoms with Crippen LogP contribution >= 0.6 is 0 Å². The zero-order valence-corrected chi connectivity index (χ0v) is 13.0. The number of hydrogen-bond donors (Lipinski definition) is 4. The summed E-state index contributed by atoms with van der Waals surface area (Å²) in [6, 6.07) is 6.25. The van der Waals surface area contributed by atoms with Gasteiger partial charge in [0.05, 0.1) is 6.10 Å². The molecule has 0 radical (unpaired) electrons. The van der Waals surface area contributed by atoms with Crippen molar-refractivity contribution in [2.24, 2.45) is 5.73 Å². The summed E-state index contributed by atoms with van der Waals surface area (Å²) < 4.78 is 5.57. The molecule has 1 aliphatic rings. The topological polar surface area (TPSA) is 162 Å². The Hall–Kier alpha value is -3.20. The van der Waals surface area contributed by atoms with Crippen LogP contribution in [0, 0.1) is 0 Å². The quantitative estimate of drug-likeness (QED) is 0.606. The summed E-state index contributed by atoms with van der Waals surface area (Å²) in [7, 11) is 0. The molecule has 1 amide bonds. The molecule has 2 aromatic rings. The van der Waals surface area contributed by atoms with Gasteiger partial charge >= 0.3 is 5.97 Å². The fourth-order valence-electron chi connectivity index (χ4n) is 2.48. The molecule has 130 valence electrons. The van der Waals surface area contributed by atoms with E-state index in [2.05, 4.69) is 9.97 Å². The third-order valence-electron chi connectivity index (χ3n) is 3.87. The van der Waals surface area contributed by atoms with Crippen molar-refractivity contribution < 1.29 is 24.5 Å². The summed E-state index contributed by atoms with van der Waals surface area (Å²) in [5, 5.41) is 18.7. The Morgan fingerprint density at radius 2 is 1.96 bits per heavy atom. The number of benzene rings is 1. The number of ether oxygens (including phenoxy) is 1. The molecular formula is C16H16N4O5. The van der Waals surface area contributed by atoms with Crippen LogP contribution in [0.2, 0.25) is 0 Å².